The molecular weight excluding hydrogens is 364 g/mol. The third kappa shape index (κ3) is 4.86. The summed E-state index contributed by atoms with van der Waals surface area (Å²) in [5.74, 6) is 0. The molecule has 0 aliphatic carbocycles. The van der Waals surface area contributed by atoms with Gasteiger partial charge in [-0.1, -0.05) is 18.2 Å². The first-order valence-corrected chi connectivity index (χ1v) is 10.9. The van der Waals surface area contributed by atoms with Crippen molar-refractivity contribution in [3.63, 3.8) is 0 Å². The molecule has 26 heavy (non-hydrogen) atoms. The molecule has 1 heterocycles. The number of hydrogen-bond acceptors (Lipinski definition) is 4. The Morgan fingerprint density at radius 2 is 1.77 bits per heavy atom. The van der Waals surface area contributed by atoms with E-state index in [0.717, 1.165) is 29.0 Å². The zero-order chi connectivity index (χ0) is 18.4. The second-order valence-electron chi connectivity index (χ2n) is 5.80. The molecule has 0 saturated heterocycles. The molecule has 0 amide bonds. The van der Waals surface area contributed by atoms with Gasteiger partial charge in [-0.25, -0.2) is 8.42 Å². The number of nitrogens with one attached hydrogen (secondary N) is 1. The van der Waals surface area contributed by atoms with E-state index in [9.17, 15) is 8.42 Å². The van der Waals surface area contributed by atoms with E-state index in [1.807, 2.05) is 54.8 Å². The fourth-order valence-electron chi connectivity index (χ4n) is 2.58. The number of sulfonamides is 1. The zero-order valence-electron chi connectivity index (χ0n) is 14.4. The highest BCUT2D eigenvalue weighted by Gasteiger charge is 2.14. The van der Waals surface area contributed by atoms with Gasteiger partial charge in [-0.05, 0) is 73.2 Å². The number of aryl methyl sites for hydroxylation is 2. The quantitative estimate of drug-likeness (QED) is 0.614. The molecule has 6 heteroatoms. The summed E-state index contributed by atoms with van der Waals surface area (Å²) in [4.78, 5) is 5.60. The Hall–Kier alpha value is -2.31. The molecule has 0 radical (unpaired) electrons. The van der Waals surface area contributed by atoms with Crippen LogP contribution in [0.2, 0.25) is 0 Å². The van der Waals surface area contributed by atoms with Gasteiger partial charge in [-0.3, -0.25) is 9.71 Å². The second kappa shape index (κ2) is 8.38. The third-order valence-corrected chi connectivity index (χ3v) is 6.09. The highest BCUT2D eigenvalue weighted by atomic mass is 32.2. The van der Waals surface area contributed by atoms with E-state index in [0.29, 0.717) is 5.69 Å². The van der Waals surface area contributed by atoms with Crippen LogP contribution in [-0.2, 0) is 22.9 Å². The lowest BCUT2D eigenvalue weighted by atomic mass is 10.1. The molecule has 0 aliphatic rings. The summed E-state index contributed by atoms with van der Waals surface area (Å²) in [5, 5.41) is 0. The highest BCUT2D eigenvalue weighted by molar-refractivity contribution is 7.98. The van der Waals surface area contributed by atoms with E-state index in [4.69, 9.17) is 0 Å². The Labute approximate surface area is 158 Å². The van der Waals surface area contributed by atoms with E-state index >= 15 is 0 Å². The number of benzene rings is 2. The van der Waals surface area contributed by atoms with Crippen molar-refractivity contribution < 1.29 is 8.42 Å². The molecule has 1 N–H and O–H groups in total. The standard InChI is InChI=1S/C20H20N2O2S2/c1-25-19-10-12-20(13-11-19)26(23,24)22-18-7-4-5-16(15-18)8-9-17-6-2-3-14-21-17/h2-7,10-15,22H,8-9H2,1H3. The Morgan fingerprint density at radius 3 is 2.46 bits per heavy atom. The van der Waals surface area contributed by atoms with Gasteiger partial charge in [0.2, 0.25) is 0 Å². The number of hydrogen-bond donors (Lipinski definition) is 1. The van der Waals surface area contributed by atoms with Gasteiger partial charge in [-0.15, -0.1) is 11.8 Å². The van der Waals surface area contributed by atoms with Crippen LogP contribution in [0.3, 0.4) is 0 Å². The van der Waals surface area contributed by atoms with Crippen molar-refractivity contribution in [2.24, 2.45) is 0 Å². The summed E-state index contributed by atoms with van der Waals surface area (Å²) in [6.45, 7) is 0. The number of rotatable bonds is 7. The van der Waals surface area contributed by atoms with Gasteiger partial charge in [0.05, 0.1) is 4.90 Å². The van der Waals surface area contributed by atoms with Crippen molar-refractivity contribution >= 4 is 27.5 Å². The molecule has 1 aromatic heterocycles. The largest absolute Gasteiger partial charge is 0.280 e. The predicted octanol–water partition coefficient (Wildman–Crippen LogP) is 4.39. The molecule has 134 valence electrons. The van der Waals surface area contributed by atoms with E-state index in [-0.39, 0.29) is 4.90 Å². The average molecular weight is 385 g/mol. The lowest BCUT2D eigenvalue weighted by Crippen LogP contribution is -2.13. The zero-order valence-corrected chi connectivity index (χ0v) is 16.1. The highest BCUT2D eigenvalue weighted by Crippen LogP contribution is 2.21. The van der Waals surface area contributed by atoms with E-state index in [1.165, 1.54) is 0 Å². The molecule has 0 bridgehead atoms. The van der Waals surface area contributed by atoms with Crippen LogP contribution in [0.1, 0.15) is 11.3 Å². The van der Waals surface area contributed by atoms with Gasteiger partial charge in [0, 0.05) is 22.5 Å². The van der Waals surface area contributed by atoms with Crippen LogP contribution in [0.4, 0.5) is 5.69 Å². The molecule has 0 fully saturated rings. The van der Waals surface area contributed by atoms with Crippen molar-refractivity contribution in [2.75, 3.05) is 11.0 Å². The molecule has 0 aliphatic heterocycles. The molecule has 0 saturated carbocycles. The summed E-state index contributed by atoms with van der Waals surface area (Å²) in [6.07, 6.45) is 5.35. The number of anilines is 1. The lowest BCUT2D eigenvalue weighted by molar-refractivity contribution is 0.601. The minimum absolute atomic E-state index is 0.259. The fourth-order valence-corrected chi connectivity index (χ4v) is 4.04. The predicted molar refractivity (Wildman–Crippen MR) is 107 cm³/mol. The number of nitrogens with zero attached hydrogens (tertiary/aromatic N) is 1. The number of pyridine rings is 1. The molecular formula is C20H20N2O2S2. The maximum absolute atomic E-state index is 12.6. The first-order valence-electron chi connectivity index (χ1n) is 8.22. The SMILES string of the molecule is CSc1ccc(S(=O)(=O)Nc2cccc(CCc3ccccn3)c2)cc1. The van der Waals surface area contributed by atoms with Crippen LogP contribution in [0.5, 0.6) is 0 Å². The monoisotopic (exact) mass is 384 g/mol. The van der Waals surface area contributed by atoms with Crippen molar-refractivity contribution in [3.05, 3.63) is 84.2 Å². The topological polar surface area (TPSA) is 59.1 Å². The first kappa shape index (κ1) is 18.5. The lowest BCUT2D eigenvalue weighted by Gasteiger charge is -2.10. The summed E-state index contributed by atoms with van der Waals surface area (Å²) in [6, 6.07) is 20.2. The Bertz CT molecular complexity index is 957. The first-order chi connectivity index (χ1) is 12.6. The normalized spacial score (nSPS) is 11.3. The average Bonchev–Trinajstić information content (AvgIpc) is 2.67. The van der Waals surface area contributed by atoms with Crippen molar-refractivity contribution in [1.29, 1.82) is 0 Å². The Kier molecular flexibility index (Phi) is 5.96. The summed E-state index contributed by atoms with van der Waals surface area (Å²) in [7, 11) is -3.59. The molecule has 0 unspecified atom stereocenters. The van der Waals surface area contributed by atoms with Crippen molar-refractivity contribution in [3.8, 4) is 0 Å². The fraction of sp³-hybridized carbons (Fsp3) is 0.150. The van der Waals surface area contributed by atoms with Crippen LogP contribution in [0, 0.1) is 0 Å². The third-order valence-electron chi connectivity index (χ3n) is 3.94. The summed E-state index contributed by atoms with van der Waals surface area (Å²) < 4.78 is 27.8. The maximum Gasteiger partial charge on any atom is 0.261 e. The molecule has 3 aromatic rings. The Morgan fingerprint density at radius 1 is 0.962 bits per heavy atom. The summed E-state index contributed by atoms with van der Waals surface area (Å²) >= 11 is 1.58. The smallest absolute Gasteiger partial charge is 0.261 e. The molecule has 0 atom stereocenters. The maximum atomic E-state index is 12.6. The van der Waals surface area contributed by atoms with E-state index in [1.54, 1.807) is 36.2 Å². The van der Waals surface area contributed by atoms with Crippen LogP contribution in [-0.4, -0.2) is 19.7 Å². The van der Waals surface area contributed by atoms with Gasteiger partial charge in [0.15, 0.2) is 0 Å². The van der Waals surface area contributed by atoms with Crippen LogP contribution >= 0.6 is 11.8 Å². The van der Waals surface area contributed by atoms with Gasteiger partial charge in [0.1, 0.15) is 0 Å². The second-order valence-corrected chi connectivity index (χ2v) is 8.36. The van der Waals surface area contributed by atoms with Gasteiger partial charge in [-0.2, -0.15) is 0 Å². The van der Waals surface area contributed by atoms with Crippen molar-refractivity contribution in [1.82, 2.24) is 4.98 Å². The van der Waals surface area contributed by atoms with E-state index < -0.39 is 10.0 Å². The van der Waals surface area contributed by atoms with E-state index in [2.05, 4.69) is 9.71 Å². The molecule has 4 nitrogen and oxygen atoms in total. The minimum Gasteiger partial charge on any atom is -0.280 e. The van der Waals surface area contributed by atoms with Crippen LogP contribution < -0.4 is 4.72 Å². The summed E-state index contributed by atoms with van der Waals surface area (Å²) in [5.41, 5.74) is 2.65. The number of aromatic nitrogens is 1. The molecule has 2 aromatic carbocycles. The number of thioether (sulfide) groups is 1. The molecule has 0 spiro atoms. The minimum atomic E-state index is -3.59. The van der Waals surface area contributed by atoms with Crippen LogP contribution in [0.25, 0.3) is 0 Å². The van der Waals surface area contributed by atoms with Crippen LogP contribution in [0.15, 0.2) is 82.7 Å². The Balaban J connectivity index is 1.71. The van der Waals surface area contributed by atoms with Gasteiger partial charge < -0.3 is 0 Å². The van der Waals surface area contributed by atoms with Gasteiger partial charge in [0.25, 0.3) is 10.0 Å². The van der Waals surface area contributed by atoms with Crippen molar-refractivity contribution in [2.45, 2.75) is 22.6 Å². The van der Waals surface area contributed by atoms with Gasteiger partial charge >= 0.3 is 0 Å². The molecule has 3 rings (SSSR count).